The molecular formula is C26H30ClN5O2S. The van der Waals surface area contributed by atoms with Crippen LogP contribution in [0.4, 0.5) is 11.5 Å². The fourth-order valence-electron chi connectivity index (χ4n) is 4.74. The number of halogens is 1. The molecule has 9 heteroatoms. The van der Waals surface area contributed by atoms with Crippen LogP contribution in [0.1, 0.15) is 13.8 Å². The Bertz CT molecular complexity index is 1190. The van der Waals surface area contributed by atoms with E-state index >= 15 is 0 Å². The lowest BCUT2D eigenvalue weighted by Crippen LogP contribution is -2.49. The molecule has 5 rings (SSSR count). The van der Waals surface area contributed by atoms with Crippen molar-refractivity contribution in [1.29, 1.82) is 0 Å². The third kappa shape index (κ3) is 5.66. The van der Waals surface area contributed by atoms with Gasteiger partial charge in [-0.05, 0) is 44.2 Å². The second-order valence-corrected chi connectivity index (χ2v) is 10.5. The number of hydrogen-bond donors (Lipinski definition) is 0. The highest BCUT2D eigenvalue weighted by Gasteiger charge is 2.27. The van der Waals surface area contributed by atoms with E-state index in [0.717, 1.165) is 58.8 Å². The number of carbonyl (C=O) groups excluding carboxylic acids is 1. The van der Waals surface area contributed by atoms with Crippen LogP contribution in [0.3, 0.4) is 0 Å². The van der Waals surface area contributed by atoms with Gasteiger partial charge in [-0.1, -0.05) is 41.6 Å². The van der Waals surface area contributed by atoms with Crippen molar-refractivity contribution in [3.63, 3.8) is 0 Å². The first kappa shape index (κ1) is 24.2. The number of benzene rings is 2. The Hall–Kier alpha value is -2.55. The van der Waals surface area contributed by atoms with E-state index < -0.39 is 0 Å². The first-order valence-electron chi connectivity index (χ1n) is 12.0. The van der Waals surface area contributed by atoms with E-state index in [2.05, 4.69) is 29.7 Å². The van der Waals surface area contributed by atoms with E-state index in [1.165, 1.54) is 11.8 Å². The minimum absolute atomic E-state index is 0.113. The summed E-state index contributed by atoms with van der Waals surface area (Å²) < 4.78 is 5.92. The van der Waals surface area contributed by atoms with E-state index in [9.17, 15) is 4.79 Å². The first-order valence-corrected chi connectivity index (χ1v) is 13.4. The van der Waals surface area contributed by atoms with Crippen molar-refractivity contribution in [3.8, 4) is 0 Å². The van der Waals surface area contributed by atoms with Crippen molar-refractivity contribution >= 4 is 51.8 Å². The zero-order valence-electron chi connectivity index (χ0n) is 20.1. The maximum Gasteiger partial charge on any atom is 0.233 e. The first-order chi connectivity index (χ1) is 17.0. The summed E-state index contributed by atoms with van der Waals surface area (Å²) in [5.41, 5.74) is 2.81. The largest absolute Gasteiger partial charge is 0.372 e. The average molecular weight is 512 g/mol. The average Bonchev–Trinajstić information content (AvgIpc) is 2.86. The predicted molar refractivity (Wildman–Crippen MR) is 143 cm³/mol. The third-order valence-corrected chi connectivity index (χ3v) is 7.55. The third-order valence-electron chi connectivity index (χ3n) is 6.38. The second-order valence-electron chi connectivity index (χ2n) is 9.14. The molecule has 2 atom stereocenters. The van der Waals surface area contributed by atoms with Crippen LogP contribution in [0.2, 0.25) is 5.02 Å². The van der Waals surface area contributed by atoms with Gasteiger partial charge in [-0.25, -0.2) is 9.97 Å². The van der Waals surface area contributed by atoms with Gasteiger partial charge in [0.15, 0.2) is 5.82 Å². The second kappa shape index (κ2) is 10.6. The quantitative estimate of drug-likeness (QED) is 0.472. The predicted octanol–water partition coefficient (Wildman–Crippen LogP) is 4.34. The number of anilines is 2. The van der Waals surface area contributed by atoms with Gasteiger partial charge in [-0.15, -0.1) is 0 Å². The lowest BCUT2D eigenvalue weighted by Gasteiger charge is -2.37. The summed E-state index contributed by atoms with van der Waals surface area (Å²) in [6, 6.07) is 15.8. The monoisotopic (exact) mass is 511 g/mol. The Morgan fingerprint density at radius 1 is 0.971 bits per heavy atom. The van der Waals surface area contributed by atoms with Crippen molar-refractivity contribution in [3.05, 3.63) is 53.6 Å². The molecule has 2 saturated heterocycles. The van der Waals surface area contributed by atoms with Gasteiger partial charge in [-0.2, -0.15) is 0 Å². The fraction of sp³-hybridized carbons (Fsp3) is 0.423. The summed E-state index contributed by atoms with van der Waals surface area (Å²) in [6.07, 6.45) is 0.226. The fourth-order valence-corrected chi connectivity index (χ4v) is 5.83. The topological polar surface area (TPSA) is 61.8 Å². The van der Waals surface area contributed by atoms with E-state index in [0.29, 0.717) is 18.8 Å². The summed E-state index contributed by atoms with van der Waals surface area (Å²) >= 11 is 7.63. The molecule has 7 nitrogen and oxygen atoms in total. The smallest absolute Gasteiger partial charge is 0.233 e. The molecule has 35 heavy (non-hydrogen) atoms. The molecule has 0 aliphatic carbocycles. The number of morpholine rings is 1. The molecule has 3 heterocycles. The van der Waals surface area contributed by atoms with E-state index in [4.69, 9.17) is 26.3 Å². The number of para-hydroxylation sites is 2. The number of hydrogen-bond acceptors (Lipinski definition) is 7. The molecule has 2 fully saturated rings. The molecule has 184 valence electrons. The van der Waals surface area contributed by atoms with E-state index in [-0.39, 0.29) is 18.1 Å². The number of carbonyl (C=O) groups is 1. The summed E-state index contributed by atoms with van der Waals surface area (Å²) in [4.78, 5) is 29.4. The number of aromatic nitrogens is 2. The summed E-state index contributed by atoms with van der Waals surface area (Å²) in [5, 5.41) is 1.53. The normalized spacial score (nSPS) is 20.9. The van der Waals surface area contributed by atoms with Crippen molar-refractivity contribution in [1.82, 2.24) is 14.9 Å². The summed E-state index contributed by atoms with van der Waals surface area (Å²) in [7, 11) is 0. The molecule has 1 aromatic heterocycles. The van der Waals surface area contributed by atoms with Gasteiger partial charge >= 0.3 is 0 Å². The Morgan fingerprint density at radius 2 is 1.66 bits per heavy atom. The van der Waals surface area contributed by atoms with Crippen LogP contribution < -0.4 is 9.80 Å². The van der Waals surface area contributed by atoms with Gasteiger partial charge in [-0.3, -0.25) is 4.79 Å². The molecule has 0 spiro atoms. The molecule has 0 N–H and O–H groups in total. The highest BCUT2D eigenvalue weighted by atomic mass is 35.5. The molecule has 0 bridgehead atoms. The SMILES string of the molecule is C[C@@H]1CN(c2nc3ccccc3nc2SCC(=O)N2CCN(c3cccc(Cl)c3)CC2)C[C@H](C)O1. The molecule has 2 aromatic carbocycles. The Kier molecular flexibility index (Phi) is 7.32. The van der Waals surface area contributed by atoms with Gasteiger partial charge in [0.2, 0.25) is 5.91 Å². The molecule has 0 unspecified atom stereocenters. The standard InChI is InChI=1S/C26H30ClN5O2S/c1-18-15-32(16-19(2)34-18)25-26(29-23-9-4-3-8-22(23)28-25)35-17-24(33)31-12-10-30(11-13-31)21-7-5-6-20(27)14-21/h3-9,14,18-19H,10-13,15-17H2,1-2H3/t18-,19+. The van der Waals surface area contributed by atoms with Crippen LogP contribution in [-0.2, 0) is 9.53 Å². The number of thioether (sulfide) groups is 1. The lowest BCUT2D eigenvalue weighted by atomic mass is 10.2. The lowest BCUT2D eigenvalue weighted by molar-refractivity contribution is -0.128. The number of amides is 1. The highest BCUT2D eigenvalue weighted by Crippen LogP contribution is 2.31. The van der Waals surface area contributed by atoms with Crippen molar-refractivity contribution in [2.75, 3.05) is 54.8 Å². The molecule has 1 amide bonds. The summed E-state index contributed by atoms with van der Waals surface area (Å²) in [6.45, 7) is 8.64. The Labute approximate surface area is 215 Å². The van der Waals surface area contributed by atoms with Gasteiger partial charge < -0.3 is 19.4 Å². The number of fused-ring (bicyclic) bond motifs is 1. The molecule has 0 saturated carbocycles. The van der Waals surface area contributed by atoms with Crippen LogP contribution in [0.25, 0.3) is 11.0 Å². The number of rotatable bonds is 5. The molecule has 2 aliphatic heterocycles. The molecule has 0 radical (unpaired) electrons. The van der Waals surface area contributed by atoms with Crippen LogP contribution >= 0.6 is 23.4 Å². The van der Waals surface area contributed by atoms with Crippen LogP contribution in [-0.4, -0.2) is 78.0 Å². The Balaban J connectivity index is 1.27. The maximum atomic E-state index is 13.1. The zero-order valence-corrected chi connectivity index (χ0v) is 21.6. The zero-order chi connectivity index (χ0) is 24.4. The van der Waals surface area contributed by atoms with Crippen LogP contribution in [0, 0.1) is 0 Å². The highest BCUT2D eigenvalue weighted by molar-refractivity contribution is 8.00. The minimum atomic E-state index is 0.113. The molecule has 3 aromatic rings. The van der Waals surface area contributed by atoms with Crippen molar-refractivity contribution < 1.29 is 9.53 Å². The van der Waals surface area contributed by atoms with Gasteiger partial charge in [0.1, 0.15) is 5.03 Å². The number of nitrogens with zero attached hydrogens (tertiary/aromatic N) is 5. The number of ether oxygens (including phenoxy) is 1. The van der Waals surface area contributed by atoms with Gasteiger partial charge in [0.25, 0.3) is 0 Å². The van der Waals surface area contributed by atoms with Crippen molar-refractivity contribution in [2.24, 2.45) is 0 Å². The van der Waals surface area contributed by atoms with E-state index in [1.807, 2.05) is 47.4 Å². The Morgan fingerprint density at radius 3 is 2.34 bits per heavy atom. The summed E-state index contributed by atoms with van der Waals surface area (Å²) in [5.74, 6) is 1.31. The molecular weight excluding hydrogens is 482 g/mol. The minimum Gasteiger partial charge on any atom is -0.372 e. The van der Waals surface area contributed by atoms with Crippen LogP contribution in [0.5, 0.6) is 0 Å². The van der Waals surface area contributed by atoms with Crippen LogP contribution in [0.15, 0.2) is 53.6 Å². The van der Waals surface area contributed by atoms with Crippen molar-refractivity contribution in [2.45, 2.75) is 31.1 Å². The van der Waals surface area contributed by atoms with E-state index in [1.54, 1.807) is 0 Å². The maximum absolute atomic E-state index is 13.1. The molecule has 2 aliphatic rings. The number of piperazine rings is 1. The van der Waals surface area contributed by atoms with Gasteiger partial charge in [0.05, 0.1) is 29.0 Å². The van der Waals surface area contributed by atoms with Gasteiger partial charge in [0, 0.05) is 50.0 Å².